The first kappa shape index (κ1) is 11.8. The zero-order valence-corrected chi connectivity index (χ0v) is 9.65. The molecule has 2 aromatic heterocycles. The average Bonchev–Trinajstić information content (AvgIpc) is 2.87. The molecule has 2 N–H and O–H groups in total. The number of nitrogens with zero attached hydrogens (tertiary/aromatic N) is 5. The van der Waals surface area contributed by atoms with E-state index in [0.717, 1.165) is 6.20 Å². The summed E-state index contributed by atoms with van der Waals surface area (Å²) in [7, 11) is 3.15. The van der Waals surface area contributed by atoms with Crippen molar-refractivity contribution >= 4 is 17.7 Å². The van der Waals surface area contributed by atoms with Gasteiger partial charge in [0.15, 0.2) is 5.69 Å². The number of carboxylic acid groups (broad SMARTS) is 1. The number of amides is 1. The fourth-order valence-corrected chi connectivity index (χ4v) is 1.37. The van der Waals surface area contributed by atoms with Crippen molar-refractivity contribution in [1.29, 1.82) is 0 Å². The molecule has 9 nitrogen and oxygen atoms in total. The van der Waals surface area contributed by atoms with Crippen LogP contribution in [0.1, 0.15) is 20.8 Å². The van der Waals surface area contributed by atoms with Crippen LogP contribution in [0.25, 0.3) is 0 Å². The molecule has 18 heavy (non-hydrogen) atoms. The lowest BCUT2D eigenvalue weighted by molar-refractivity contribution is 0.0698. The topological polar surface area (TPSA) is 115 Å². The lowest BCUT2D eigenvalue weighted by Crippen LogP contribution is -2.17. The lowest BCUT2D eigenvalue weighted by Gasteiger charge is -2.04. The Balaban J connectivity index is 2.27. The van der Waals surface area contributed by atoms with Crippen molar-refractivity contribution in [2.45, 2.75) is 0 Å². The third-order valence-electron chi connectivity index (χ3n) is 2.24. The Bertz CT molecular complexity index is 614. The quantitative estimate of drug-likeness (QED) is 0.758. The van der Waals surface area contributed by atoms with Crippen LogP contribution in [0.4, 0.5) is 5.82 Å². The highest BCUT2D eigenvalue weighted by Gasteiger charge is 2.19. The highest BCUT2D eigenvalue weighted by Crippen LogP contribution is 2.14. The highest BCUT2D eigenvalue weighted by molar-refractivity contribution is 6.05. The summed E-state index contributed by atoms with van der Waals surface area (Å²) in [5.74, 6) is -1.62. The number of carbonyl (C=O) groups is 2. The Morgan fingerprint density at radius 3 is 2.67 bits per heavy atom. The molecule has 0 aromatic carbocycles. The van der Waals surface area contributed by atoms with Crippen molar-refractivity contribution < 1.29 is 14.7 Å². The molecular weight excluding hydrogens is 240 g/mol. The van der Waals surface area contributed by atoms with Crippen LogP contribution < -0.4 is 5.32 Å². The van der Waals surface area contributed by atoms with Crippen molar-refractivity contribution in [1.82, 2.24) is 24.8 Å². The van der Waals surface area contributed by atoms with Crippen molar-refractivity contribution in [3.8, 4) is 0 Å². The largest absolute Gasteiger partial charge is 0.477 e. The summed E-state index contributed by atoms with van der Waals surface area (Å²) < 4.78 is 2.63. The van der Waals surface area contributed by atoms with E-state index >= 15 is 0 Å². The van der Waals surface area contributed by atoms with Crippen LogP contribution in [0.3, 0.4) is 0 Å². The van der Waals surface area contributed by atoms with E-state index in [1.807, 2.05) is 0 Å². The van der Waals surface area contributed by atoms with Gasteiger partial charge in [0, 0.05) is 14.1 Å². The molecular formula is C9H10N6O3. The minimum Gasteiger partial charge on any atom is -0.477 e. The molecule has 9 heteroatoms. The molecule has 0 spiro atoms. The molecule has 0 aliphatic heterocycles. The van der Waals surface area contributed by atoms with Gasteiger partial charge in [-0.3, -0.25) is 14.2 Å². The van der Waals surface area contributed by atoms with E-state index in [1.54, 1.807) is 7.05 Å². The normalized spacial score (nSPS) is 10.3. The van der Waals surface area contributed by atoms with Crippen molar-refractivity contribution in [2.24, 2.45) is 14.1 Å². The minimum absolute atomic E-state index is 0.0882. The second kappa shape index (κ2) is 4.28. The van der Waals surface area contributed by atoms with Gasteiger partial charge in [0.2, 0.25) is 0 Å². The molecule has 0 atom stereocenters. The summed E-state index contributed by atoms with van der Waals surface area (Å²) >= 11 is 0. The lowest BCUT2D eigenvalue weighted by atomic mass is 10.3. The Morgan fingerprint density at radius 1 is 1.39 bits per heavy atom. The van der Waals surface area contributed by atoms with E-state index < -0.39 is 11.9 Å². The van der Waals surface area contributed by atoms with Crippen LogP contribution in [-0.2, 0) is 14.1 Å². The number of rotatable bonds is 3. The Labute approximate surface area is 101 Å². The van der Waals surface area contributed by atoms with Gasteiger partial charge in [-0.15, -0.1) is 5.10 Å². The second-order valence-electron chi connectivity index (χ2n) is 3.57. The number of carbonyl (C=O) groups excluding carboxylic acids is 1. The first-order chi connectivity index (χ1) is 8.49. The Morgan fingerprint density at radius 2 is 2.11 bits per heavy atom. The summed E-state index contributed by atoms with van der Waals surface area (Å²) in [6.45, 7) is 0. The van der Waals surface area contributed by atoms with Crippen molar-refractivity contribution in [3.63, 3.8) is 0 Å². The summed E-state index contributed by atoms with van der Waals surface area (Å²) in [5.41, 5.74) is 0.00443. The molecule has 0 aliphatic carbocycles. The van der Waals surface area contributed by atoms with Gasteiger partial charge in [-0.05, 0) is 0 Å². The molecule has 0 saturated heterocycles. The second-order valence-corrected chi connectivity index (χ2v) is 3.57. The summed E-state index contributed by atoms with van der Waals surface area (Å²) in [6.07, 6.45) is 2.58. The molecule has 0 saturated carbocycles. The Kier molecular flexibility index (Phi) is 2.80. The monoisotopic (exact) mass is 250 g/mol. The fourth-order valence-electron chi connectivity index (χ4n) is 1.37. The van der Waals surface area contributed by atoms with Crippen molar-refractivity contribution in [2.75, 3.05) is 5.32 Å². The highest BCUT2D eigenvalue weighted by atomic mass is 16.4. The summed E-state index contributed by atoms with van der Waals surface area (Å²) in [5, 5.41) is 22.4. The average molecular weight is 250 g/mol. The van der Waals surface area contributed by atoms with Crippen LogP contribution in [-0.4, -0.2) is 41.8 Å². The number of nitrogens with one attached hydrogen (secondary N) is 1. The number of anilines is 1. The molecule has 0 fully saturated rings. The maximum absolute atomic E-state index is 11.8. The smallest absolute Gasteiger partial charge is 0.341 e. The maximum Gasteiger partial charge on any atom is 0.341 e. The molecule has 0 radical (unpaired) electrons. The number of aryl methyl sites for hydroxylation is 2. The van der Waals surface area contributed by atoms with E-state index in [-0.39, 0.29) is 17.1 Å². The van der Waals surface area contributed by atoms with Crippen LogP contribution in [0, 0.1) is 0 Å². The standard InChI is InChI=1S/C9H10N6O3/c1-14-4-6(12-13-14)8(16)11-7-5(9(17)18)3-10-15(7)2/h3-4H,1-2H3,(H,11,16)(H,17,18). The predicted molar refractivity (Wildman–Crippen MR) is 59.1 cm³/mol. The first-order valence-corrected chi connectivity index (χ1v) is 4.92. The van der Waals surface area contributed by atoms with Gasteiger partial charge >= 0.3 is 5.97 Å². The molecule has 0 aliphatic rings. The zero-order valence-electron chi connectivity index (χ0n) is 9.65. The number of carboxylic acids is 1. The Hall–Kier alpha value is -2.71. The van der Waals surface area contributed by atoms with Gasteiger partial charge in [0.05, 0.1) is 12.4 Å². The number of aromatic nitrogens is 5. The summed E-state index contributed by atoms with van der Waals surface area (Å²) in [4.78, 5) is 22.7. The van der Waals surface area contributed by atoms with Crippen LogP contribution in [0.2, 0.25) is 0 Å². The van der Waals surface area contributed by atoms with Gasteiger partial charge in [-0.1, -0.05) is 5.21 Å². The predicted octanol–water partition coefficient (Wildman–Crippen LogP) is -0.501. The summed E-state index contributed by atoms with van der Waals surface area (Å²) in [6, 6.07) is 0. The zero-order chi connectivity index (χ0) is 13.3. The first-order valence-electron chi connectivity index (χ1n) is 4.92. The van der Waals surface area contributed by atoms with Gasteiger partial charge in [-0.2, -0.15) is 5.10 Å². The van der Waals surface area contributed by atoms with E-state index in [2.05, 4.69) is 20.7 Å². The molecule has 2 rings (SSSR count). The molecule has 2 heterocycles. The fraction of sp³-hybridized carbons (Fsp3) is 0.222. The van der Waals surface area contributed by atoms with Gasteiger partial charge < -0.3 is 10.4 Å². The van der Waals surface area contributed by atoms with E-state index in [9.17, 15) is 9.59 Å². The van der Waals surface area contributed by atoms with E-state index in [1.165, 1.54) is 22.6 Å². The van der Waals surface area contributed by atoms with E-state index in [4.69, 9.17) is 5.11 Å². The van der Waals surface area contributed by atoms with Gasteiger partial charge in [0.1, 0.15) is 11.4 Å². The minimum atomic E-state index is -1.17. The van der Waals surface area contributed by atoms with Crippen LogP contribution in [0.15, 0.2) is 12.4 Å². The molecule has 0 bridgehead atoms. The number of aromatic carboxylic acids is 1. The molecule has 1 amide bonds. The van der Waals surface area contributed by atoms with Crippen molar-refractivity contribution in [3.05, 3.63) is 23.7 Å². The maximum atomic E-state index is 11.8. The third kappa shape index (κ3) is 2.05. The molecule has 2 aromatic rings. The SMILES string of the molecule is Cn1cc(C(=O)Nc2c(C(=O)O)cnn2C)nn1. The molecule has 94 valence electrons. The number of hydrogen-bond acceptors (Lipinski definition) is 5. The molecule has 0 unspecified atom stereocenters. The van der Waals surface area contributed by atoms with Crippen LogP contribution >= 0.6 is 0 Å². The van der Waals surface area contributed by atoms with Gasteiger partial charge in [-0.25, -0.2) is 4.79 Å². The van der Waals surface area contributed by atoms with Gasteiger partial charge in [0.25, 0.3) is 5.91 Å². The van der Waals surface area contributed by atoms with Crippen LogP contribution in [0.5, 0.6) is 0 Å². The number of hydrogen-bond donors (Lipinski definition) is 2. The third-order valence-corrected chi connectivity index (χ3v) is 2.24. The van der Waals surface area contributed by atoms with E-state index in [0.29, 0.717) is 0 Å².